The molecule has 3 nitrogen and oxygen atoms in total. The monoisotopic (exact) mass is 248 g/mol. The lowest BCUT2D eigenvalue weighted by molar-refractivity contribution is 0.293. The van der Waals surface area contributed by atoms with Crippen LogP contribution in [0.1, 0.15) is 24.0 Å². The SMILES string of the molecule is COc1ccc(CN(C)CC2CCCN2)cc1C. The first kappa shape index (κ1) is 13.4. The van der Waals surface area contributed by atoms with Crippen LogP contribution in [0.5, 0.6) is 5.75 Å². The minimum absolute atomic E-state index is 0.675. The van der Waals surface area contributed by atoms with E-state index in [9.17, 15) is 0 Å². The summed E-state index contributed by atoms with van der Waals surface area (Å²) in [4.78, 5) is 2.39. The number of benzene rings is 1. The average molecular weight is 248 g/mol. The summed E-state index contributed by atoms with van der Waals surface area (Å²) in [6.07, 6.45) is 2.63. The van der Waals surface area contributed by atoms with Gasteiger partial charge in [0.05, 0.1) is 7.11 Å². The fraction of sp³-hybridized carbons (Fsp3) is 0.600. The summed E-state index contributed by atoms with van der Waals surface area (Å²) >= 11 is 0. The number of nitrogens with one attached hydrogen (secondary N) is 1. The first-order valence-electron chi connectivity index (χ1n) is 6.74. The highest BCUT2D eigenvalue weighted by atomic mass is 16.5. The number of hydrogen-bond acceptors (Lipinski definition) is 3. The molecule has 1 fully saturated rings. The highest BCUT2D eigenvalue weighted by molar-refractivity contribution is 5.36. The Balaban J connectivity index is 1.89. The van der Waals surface area contributed by atoms with Gasteiger partial charge in [0.15, 0.2) is 0 Å². The second-order valence-corrected chi connectivity index (χ2v) is 5.29. The molecule has 1 aliphatic heterocycles. The third-order valence-corrected chi connectivity index (χ3v) is 3.61. The van der Waals surface area contributed by atoms with E-state index >= 15 is 0 Å². The van der Waals surface area contributed by atoms with Gasteiger partial charge in [-0.05, 0) is 50.6 Å². The smallest absolute Gasteiger partial charge is 0.121 e. The molecule has 0 saturated carbocycles. The third kappa shape index (κ3) is 3.47. The maximum absolute atomic E-state index is 5.29. The van der Waals surface area contributed by atoms with Gasteiger partial charge in [-0.1, -0.05) is 12.1 Å². The van der Waals surface area contributed by atoms with Crippen molar-refractivity contribution in [3.63, 3.8) is 0 Å². The van der Waals surface area contributed by atoms with Gasteiger partial charge in [-0.2, -0.15) is 0 Å². The molecule has 1 aromatic rings. The second kappa shape index (κ2) is 6.21. The van der Waals surface area contributed by atoms with Crippen molar-refractivity contribution in [2.45, 2.75) is 32.4 Å². The molecule has 0 spiro atoms. The molecule has 1 N–H and O–H groups in total. The predicted octanol–water partition coefficient (Wildman–Crippen LogP) is 2.19. The van der Waals surface area contributed by atoms with Crippen LogP contribution in [0.2, 0.25) is 0 Å². The normalized spacial score (nSPS) is 19.4. The Morgan fingerprint density at radius 1 is 1.44 bits per heavy atom. The lowest BCUT2D eigenvalue weighted by Gasteiger charge is -2.21. The Morgan fingerprint density at radius 3 is 2.89 bits per heavy atom. The van der Waals surface area contributed by atoms with E-state index in [0.29, 0.717) is 6.04 Å². The van der Waals surface area contributed by atoms with E-state index in [2.05, 4.69) is 42.4 Å². The van der Waals surface area contributed by atoms with Crippen molar-refractivity contribution >= 4 is 0 Å². The zero-order chi connectivity index (χ0) is 13.0. The first-order valence-corrected chi connectivity index (χ1v) is 6.74. The van der Waals surface area contributed by atoms with Crippen molar-refractivity contribution in [1.29, 1.82) is 0 Å². The number of rotatable bonds is 5. The van der Waals surface area contributed by atoms with Gasteiger partial charge in [-0.25, -0.2) is 0 Å². The summed E-state index contributed by atoms with van der Waals surface area (Å²) in [5, 5.41) is 3.54. The van der Waals surface area contributed by atoms with Crippen LogP contribution in [0.4, 0.5) is 0 Å². The molecule has 1 unspecified atom stereocenters. The molecule has 1 saturated heterocycles. The van der Waals surface area contributed by atoms with Crippen molar-refractivity contribution in [2.75, 3.05) is 27.2 Å². The molecule has 0 amide bonds. The van der Waals surface area contributed by atoms with Crippen molar-refractivity contribution in [3.05, 3.63) is 29.3 Å². The third-order valence-electron chi connectivity index (χ3n) is 3.61. The fourth-order valence-corrected chi connectivity index (χ4v) is 2.70. The molecule has 0 radical (unpaired) electrons. The average Bonchev–Trinajstić information content (AvgIpc) is 2.82. The quantitative estimate of drug-likeness (QED) is 0.864. The molecule has 1 atom stereocenters. The van der Waals surface area contributed by atoms with E-state index in [4.69, 9.17) is 4.74 Å². The Bertz CT molecular complexity index is 386. The van der Waals surface area contributed by atoms with E-state index in [1.807, 2.05) is 0 Å². The Morgan fingerprint density at radius 2 is 2.28 bits per heavy atom. The largest absolute Gasteiger partial charge is 0.496 e. The van der Waals surface area contributed by atoms with Gasteiger partial charge in [0.25, 0.3) is 0 Å². The zero-order valence-corrected chi connectivity index (χ0v) is 11.7. The molecule has 100 valence electrons. The number of nitrogens with zero attached hydrogens (tertiary/aromatic N) is 1. The molecular formula is C15H24N2O. The predicted molar refractivity (Wildman–Crippen MR) is 75.1 cm³/mol. The highest BCUT2D eigenvalue weighted by Gasteiger charge is 2.15. The van der Waals surface area contributed by atoms with Gasteiger partial charge < -0.3 is 15.0 Å². The fourth-order valence-electron chi connectivity index (χ4n) is 2.70. The molecule has 0 aliphatic carbocycles. The Kier molecular flexibility index (Phi) is 4.61. The maximum Gasteiger partial charge on any atom is 0.121 e. The van der Waals surface area contributed by atoms with Gasteiger partial charge in [0.1, 0.15) is 5.75 Å². The summed E-state index contributed by atoms with van der Waals surface area (Å²) in [5.74, 6) is 0.971. The van der Waals surface area contributed by atoms with Crippen LogP contribution >= 0.6 is 0 Å². The molecule has 0 bridgehead atoms. The first-order chi connectivity index (χ1) is 8.69. The lowest BCUT2D eigenvalue weighted by atomic mass is 10.1. The van der Waals surface area contributed by atoms with Gasteiger partial charge >= 0.3 is 0 Å². The molecule has 18 heavy (non-hydrogen) atoms. The molecule has 1 aliphatic rings. The number of ether oxygens (including phenoxy) is 1. The van der Waals surface area contributed by atoms with Crippen LogP contribution < -0.4 is 10.1 Å². The summed E-state index contributed by atoms with van der Waals surface area (Å²) < 4.78 is 5.29. The van der Waals surface area contributed by atoms with Crippen LogP contribution in [0.25, 0.3) is 0 Å². The van der Waals surface area contributed by atoms with Gasteiger partial charge in [0.2, 0.25) is 0 Å². The van der Waals surface area contributed by atoms with Crippen LogP contribution in [0.3, 0.4) is 0 Å². The van der Waals surface area contributed by atoms with E-state index < -0.39 is 0 Å². The minimum atomic E-state index is 0.675. The van der Waals surface area contributed by atoms with Crippen molar-refractivity contribution in [2.24, 2.45) is 0 Å². The number of methoxy groups -OCH3 is 1. The lowest BCUT2D eigenvalue weighted by Crippen LogP contribution is -2.34. The van der Waals surface area contributed by atoms with Crippen molar-refractivity contribution in [3.8, 4) is 5.75 Å². The van der Waals surface area contributed by atoms with E-state index in [1.165, 1.54) is 30.5 Å². The van der Waals surface area contributed by atoms with Crippen LogP contribution in [0, 0.1) is 6.92 Å². The van der Waals surface area contributed by atoms with Crippen LogP contribution in [-0.4, -0.2) is 38.2 Å². The summed E-state index contributed by atoms with van der Waals surface area (Å²) in [7, 11) is 3.92. The minimum Gasteiger partial charge on any atom is -0.496 e. The maximum atomic E-state index is 5.29. The highest BCUT2D eigenvalue weighted by Crippen LogP contribution is 2.19. The molecule has 1 heterocycles. The van der Waals surface area contributed by atoms with Crippen LogP contribution in [0.15, 0.2) is 18.2 Å². The van der Waals surface area contributed by atoms with Gasteiger partial charge in [-0.15, -0.1) is 0 Å². The Hall–Kier alpha value is -1.06. The molecule has 3 heteroatoms. The zero-order valence-electron chi connectivity index (χ0n) is 11.7. The standard InChI is InChI=1S/C15H24N2O/c1-12-9-13(6-7-15(12)18-3)10-17(2)11-14-5-4-8-16-14/h6-7,9,14,16H,4-5,8,10-11H2,1-3H3. The van der Waals surface area contributed by atoms with Crippen molar-refractivity contribution < 1.29 is 4.74 Å². The Labute approximate surface area is 110 Å². The summed E-state index contributed by atoms with van der Waals surface area (Å²) in [6.45, 7) is 5.41. The van der Waals surface area contributed by atoms with Crippen LogP contribution in [-0.2, 0) is 6.54 Å². The molecule has 0 aromatic heterocycles. The van der Waals surface area contributed by atoms with Gasteiger partial charge in [0, 0.05) is 19.1 Å². The molecule has 1 aromatic carbocycles. The molecule has 2 rings (SSSR count). The van der Waals surface area contributed by atoms with Gasteiger partial charge in [-0.3, -0.25) is 0 Å². The summed E-state index contributed by atoms with van der Waals surface area (Å²) in [5.41, 5.74) is 2.57. The second-order valence-electron chi connectivity index (χ2n) is 5.29. The van der Waals surface area contributed by atoms with Crippen molar-refractivity contribution in [1.82, 2.24) is 10.2 Å². The van der Waals surface area contributed by atoms with E-state index in [-0.39, 0.29) is 0 Å². The molecular weight excluding hydrogens is 224 g/mol. The van der Waals surface area contributed by atoms with E-state index in [0.717, 1.165) is 18.8 Å². The number of hydrogen-bond donors (Lipinski definition) is 1. The number of likely N-dealkylation sites (N-methyl/N-ethyl adjacent to an activating group) is 1. The topological polar surface area (TPSA) is 24.5 Å². The number of aryl methyl sites for hydroxylation is 1. The van der Waals surface area contributed by atoms with E-state index in [1.54, 1.807) is 7.11 Å². The summed E-state index contributed by atoms with van der Waals surface area (Å²) in [6, 6.07) is 7.11.